The van der Waals surface area contributed by atoms with Crippen molar-refractivity contribution in [2.24, 2.45) is 0 Å². The molecule has 110 valence electrons. The van der Waals surface area contributed by atoms with Crippen LogP contribution in [0.4, 0.5) is 0 Å². The Morgan fingerprint density at radius 1 is 0.857 bits per heavy atom. The van der Waals surface area contributed by atoms with E-state index in [4.69, 9.17) is 9.47 Å². The zero-order chi connectivity index (χ0) is 15.6. The van der Waals surface area contributed by atoms with Gasteiger partial charge in [-0.2, -0.15) is 0 Å². The summed E-state index contributed by atoms with van der Waals surface area (Å²) >= 11 is 0. The molecule has 0 heterocycles. The summed E-state index contributed by atoms with van der Waals surface area (Å²) in [5, 5.41) is 0. The van der Waals surface area contributed by atoms with Crippen molar-refractivity contribution in [3.63, 3.8) is 0 Å². The minimum atomic E-state index is -0.0323. The van der Waals surface area contributed by atoms with E-state index in [9.17, 15) is 4.79 Å². The molecule has 0 aliphatic carbocycles. The Morgan fingerprint density at radius 3 is 2.10 bits per heavy atom. The Hall–Kier alpha value is -2.29. The monoisotopic (exact) mass is 284 g/mol. The van der Waals surface area contributed by atoms with Crippen LogP contribution in [-0.4, -0.2) is 20.0 Å². The maximum Gasteiger partial charge on any atom is 0.197 e. The van der Waals surface area contributed by atoms with Crippen LogP contribution >= 0.6 is 0 Å². The number of carbonyl (C=O) groups excluding carboxylic acids is 1. The Bertz CT molecular complexity index is 687. The lowest BCUT2D eigenvalue weighted by Crippen LogP contribution is -2.07. The number of ketones is 1. The second kappa shape index (κ2) is 6.00. The van der Waals surface area contributed by atoms with Crippen LogP contribution < -0.4 is 9.47 Å². The standard InChI is InChI=1S/C18H20O3/c1-11-8-13(3)17(16(9-11)21-5)18(19)14-6-7-15(20-4)12(2)10-14/h6-10H,1-5H3. The first-order chi connectivity index (χ1) is 9.97. The van der Waals surface area contributed by atoms with E-state index in [0.29, 0.717) is 16.9 Å². The number of methoxy groups -OCH3 is 2. The van der Waals surface area contributed by atoms with Gasteiger partial charge in [-0.1, -0.05) is 6.07 Å². The second-order valence-corrected chi connectivity index (χ2v) is 5.17. The van der Waals surface area contributed by atoms with Crippen molar-refractivity contribution in [3.8, 4) is 11.5 Å². The van der Waals surface area contributed by atoms with Gasteiger partial charge in [-0.25, -0.2) is 0 Å². The highest BCUT2D eigenvalue weighted by atomic mass is 16.5. The lowest BCUT2D eigenvalue weighted by Gasteiger charge is -2.13. The molecule has 2 aromatic rings. The largest absolute Gasteiger partial charge is 0.496 e. The highest BCUT2D eigenvalue weighted by Crippen LogP contribution is 2.28. The summed E-state index contributed by atoms with van der Waals surface area (Å²) < 4.78 is 10.6. The maximum atomic E-state index is 12.8. The molecular weight excluding hydrogens is 264 g/mol. The van der Waals surface area contributed by atoms with Crippen LogP contribution in [0.25, 0.3) is 0 Å². The predicted octanol–water partition coefficient (Wildman–Crippen LogP) is 3.86. The number of rotatable bonds is 4. The van der Waals surface area contributed by atoms with E-state index in [1.54, 1.807) is 20.3 Å². The van der Waals surface area contributed by atoms with Crippen LogP contribution in [0.5, 0.6) is 11.5 Å². The van der Waals surface area contributed by atoms with Crippen molar-refractivity contribution >= 4 is 5.78 Å². The topological polar surface area (TPSA) is 35.5 Å². The first-order valence-electron chi connectivity index (χ1n) is 6.82. The van der Waals surface area contributed by atoms with Crippen molar-refractivity contribution < 1.29 is 14.3 Å². The quantitative estimate of drug-likeness (QED) is 0.800. The first-order valence-corrected chi connectivity index (χ1v) is 6.82. The van der Waals surface area contributed by atoms with Gasteiger partial charge in [0, 0.05) is 5.56 Å². The molecule has 0 N–H and O–H groups in total. The van der Waals surface area contributed by atoms with Gasteiger partial charge >= 0.3 is 0 Å². The molecule has 0 aliphatic heterocycles. The van der Waals surface area contributed by atoms with E-state index >= 15 is 0 Å². The molecule has 0 spiro atoms. The van der Waals surface area contributed by atoms with E-state index < -0.39 is 0 Å². The highest BCUT2D eigenvalue weighted by Gasteiger charge is 2.18. The number of benzene rings is 2. The van der Waals surface area contributed by atoms with Gasteiger partial charge in [0.05, 0.1) is 19.8 Å². The summed E-state index contributed by atoms with van der Waals surface area (Å²) in [6, 6.07) is 9.33. The molecule has 3 heteroatoms. The third-order valence-corrected chi connectivity index (χ3v) is 3.55. The fraction of sp³-hybridized carbons (Fsp3) is 0.278. The van der Waals surface area contributed by atoms with Crippen LogP contribution in [0.3, 0.4) is 0 Å². The number of ether oxygens (including phenoxy) is 2. The molecule has 21 heavy (non-hydrogen) atoms. The van der Waals surface area contributed by atoms with Crippen LogP contribution in [-0.2, 0) is 0 Å². The summed E-state index contributed by atoms with van der Waals surface area (Å²) in [4.78, 5) is 12.8. The van der Waals surface area contributed by atoms with Crippen molar-refractivity contribution in [1.29, 1.82) is 0 Å². The lowest BCUT2D eigenvalue weighted by atomic mass is 9.95. The fourth-order valence-corrected chi connectivity index (χ4v) is 2.54. The molecule has 0 aromatic heterocycles. The van der Waals surface area contributed by atoms with Crippen molar-refractivity contribution in [2.75, 3.05) is 14.2 Å². The smallest absolute Gasteiger partial charge is 0.197 e. The number of aryl methyl sites for hydroxylation is 3. The van der Waals surface area contributed by atoms with E-state index in [0.717, 1.165) is 22.4 Å². The van der Waals surface area contributed by atoms with Gasteiger partial charge in [-0.3, -0.25) is 4.79 Å². The molecule has 2 rings (SSSR count). The minimum absolute atomic E-state index is 0.0323. The molecule has 3 nitrogen and oxygen atoms in total. The highest BCUT2D eigenvalue weighted by molar-refractivity contribution is 6.11. The fourth-order valence-electron chi connectivity index (χ4n) is 2.54. The molecule has 0 fully saturated rings. The molecule has 0 atom stereocenters. The molecule has 0 aliphatic rings. The summed E-state index contributed by atoms with van der Waals surface area (Å²) in [5.41, 5.74) is 4.19. The SMILES string of the molecule is COc1ccc(C(=O)c2c(C)cc(C)cc2OC)cc1C. The van der Waals surface area contributed by atoms with E-state index in [-0.39, 0.29) is 5.78 Å². The summed E-state index contributed by atoms with van der Waals surface area (Å²) in [6.07, 6.45) is 0. The van der Waals surface area contributed by atoms with Crippen molar-refractivity contribution in [1.82, 2.24) is 0 Å². The van der Waals surface area contributed by atoms with Gasteiger partial charge in [-0.15, -0.1) is 0 Å². The third-order valence-electron chi connectivity index (χ3n) is 3.55. The maximum absolute atomic E-state index is 12.8. The van der Waals surface area contributed by atoms with Crippen LogP contribution in [0.1, 0.15) is 32.6 Å². The first kappa shape index (κ1) is 15.1. The Balaban J connectivity index is 2.52. The van der Waals surface area contributed by atoms with Crippen molar-refractivity contribution in [3.05, 3.63) is 58.1 Å². The van der Waals surface area contributed by atoms with Gasteiger partial charge in [0.25, 0.3) is 0 Å². The molecule has 0 radical (unpaired) electrons. The molecule has 0 bridgehead atoms. The molecular formula is C18H20O3. The average molecular weight is 284 g/mol. The average Bonchev–Trinajstić information content (AvgIpc) is 2.45. The summed E-state index contributed by atoms with van der Waals surface area (Å²) in [6.45, 7) is 5.84. The Kier molecular flexibility index (Phi) is 4.32. The zero-order valence-corrected chi connectivity index (χ0v) is 13.1. The second-order valence-electron chi connectivity index (χ2n) is 5.17. The van der Waals surface area contributed by atoms with E-state index in [2.05, 4.69) is 0 Å². The molecule has 0 amide bonds. The van der Waals surface area contributed by atoms with Gasteiger partial charge < -0.3 is 9.47 Å². The van der Waals surface area contributed by atoms with Gasteiger partial charge in [-0.05, 0) is 61.7 Å². The Morgan fingerprint density at radius 2 is 1.52 bits per heavy atom. The lowest BCUT2D eigenvalue weighted by molar-refractivity contribution is 0.103. The van der Waals surface area contributed by atoms with Crippen LogP contribution in [0, 0.1) is 20.8 Å². The predicted molar refractivity (Wildman–Crippen MR) is 83.6 cm³/mol. The Labute approximate surface area is 125 Å². The number of carbonyl (C=O) groups is 1. The summed E-state index contributed by atoms with van der Waals surface area (Å²) in [5.74, 6) is 1.36. The van der Waals surface area contributed by atoms with Gasteiger partial charge in [0.1, 0.15) is 11.5 Å². The minimum Gasteiger partial charge on any atom is -0.496 e. The molecule has 2 aromatic carbocycles. The van der Waals surface area contributed by atoms with Crippen molar-refractivity contribution in [2.45, 2.75) is 20.8 Å². The number of hydrogen-bond donors (Lipinski definition) is 0. The van der Waals surface area contributed by atoms with Crippen LogP contribution in [0.15, 0.2) is 30.3 Å². The summed E-state index contributed by atoms with van der Waals surface area (Å²) in [7, 11) is 3.21. The normalized spacial score (nSPS) is 10.3. The molecule has 0 unspecified atom stereocenters. The number of hydrogen-bond acceptors (Lipinski definition) is 3. The van der Waals surface area contributed by atoms with E-state index in [1.165, 1.54) is 0 Å². The third kappa shape index (κ3) is 2.92. The molecule has 0 saturated carbocycles. The van der Waals surface area contributed by atoms with Gasteiger partial charge in [0.2, 0.25) is 0 Å². The van der Waals surface area contributed by atoms with Gasteiger partial charge in [0.15, 0.2) is 5.78 Å². The zero-order valence-electron chi connectivity index (χ0n) is 13.1. The molecule has 0 saturated heterocycles. The van der Waals surface area contributed by atoms with E-state index in [1.807, 2.05) is 45.0 Å². The van der Waals surface area contributed by atoms with Crippen LogP contribution in [0.2, 0.25) is 0 Å².